The molecule has 0 aliphatic heterocycles. The second kappa shape index (κ2) is 8.33. The summed E-state index contributed by atoms with van der Waals surface area (Å²) < 4.78 is 5.29. The monoisotopic (exact) mass is 413 g/mol. The SMILES string of the molecule is COc1ccc(-c2nc3c(C)cc(C)cc3c(C(=O)Sc3ccccc3)c2C)cc1. The van der Waals surface area contributed by atoms with E-state index in [0.29, 0.717) is 0 Å². The zero-order valence-corrected chi connectivity index (χ0v) is 18.3. The highest BCUT2D eigenvalue weighted by atomic mass is 32.2. The number of fused-ring (bicyclic) bond motifs is 1. The summed E-state index contributed by atoms with van der Waals surface area (Å²) in [7, 11) is 1.65. The van der Waals surface area contributed by atoms with Gasteiger partial charge in [0.15, 0.2) is 0 Å². The van der Waals surface area contributed by atoms with Gasteiger partial charge in [-0.2, -0.15) is 0 Å². The van der Waals surface area contributed by atoms with E-state index in [4.69, 9.17) is 9.72 Å². The number of ether oxygens (including phenoxy) is 1. The van der Waals surface area contributed by atoms with Gasteiger partial charge in [0.05, 0.1) is 18.3 Å². The minimum Gasteiger partial charge on any atom is -0.497 e. The molecule has 0 bridgehead atoms. The minimum atomic E-state index is 0.0332. The summed E-state index contributed by atoms with van der Waals surface area (Å²) in [6.45, 7) is 6.09. The first-order valence-electron chi connectivity index (χ1n) is 9.81. The molecule has 0 N–H and O–H groups in total. The van der Waals surface area contributed by atoms with E-state index < -0.39 is 0 Å². The Balaban J connectivity index is 1.94. The maximum absolute atomic E-state index is 13.5. The van der Waals surface area contributed by atoms with Gasteiger partial charge in [0.25, 0.3) is 0 Å². The predicted octanol–water partition coefficient (Wildman–Crippen LogP) is 6.77. The predicted molar refractivity (Wildman–Crippen MR) is 125 cm³/mol. The summed E-state index contributed by atoms with van der Waals surface area (Å²) in [4.78, 5) is 19.4. The molecule has 0 saturated carbocycles. The average molecular weight is 414 g/mol. The van der Waals surface area contributed by atoms with Gasteiger partial charge in [0, 0.05) is 21.4 Å². The summed E-state index contributed by atoms with van der Waals surface area (Å²) >= 11 is 1.26. The highest BCUT2D eigenvalue weighted by molar-refractivity contribution is 8.14. The lowest BCUT2D eigenvalue weighted by molar-refractivity contribution is 0.109. The number of nitrogens with zero attached hydrogens (tertiary/aromatic N) is 1. The van der Waals surface area contributed by atoms with Crippen LogP contribution in [0.15, 0.2) is 71.6 Å². The van der Waals surface area contributed by atoms with Crippen molar-refractivity contribution in [1.29, 1.82) is 0 Å². The van der Waals surface area contributed by atoms with Crippen LogP contribution >= 0.6 is 11.8 Å². The lowest BCUT2D eigenvalue weighted by atomic mass is 9.95. The van der Waals surface area contributed by atoms with Crippen LogP contribution in [0.5, 0.6) is 5.75 Å². The van der Waals surface area contributed by atoms with Crippen molar-refractivity contribution in [1.82, 2.24) is 4.98 Å². The summed E-state index contributed by atoms with van der Waals surface area (Å²) in [5.41, 5.74) is 6.48. The van der Waals surface area contributed by atoms with Crippen LogP contribution in [0.1, 0.15) is 27.0 Å². The second-order valence-corrected chi connectivity index (χ2v) is 8.42. The van der Waals surface area contributed by atoms with Crippen LogP contribution < -0.4 is 4.74 Å². The summed E-state index contributed by atoms with van der Waals surface area (Å²) in [5.74, 6) is 0.792. The van der Waals surface area contributed by atoms with Crippen molar-refractivity contribution >= 4 is 27.8 Å². The Hall–Kier alpha value is -3.11. The molecule has 0 unspecified atom stereocenters. The Labute approximate surface area is 181 Å². The first-order chi connectivity index (χ1) is 14.5. The van der Waals surface area contributed by atoms with E-state index in [1.807, 2.05) is 68.4 Å². The van der Waals surface area contributed by atoms with Crippen LogP contribution in [-0.2, 0) is 0 Å². The second-order valence-electron chi connectivity index (χ2n) is 7.37. The fourth-order valence-corrected chi connectivity index (χ4v) is 4.63. The van der Waals surface area contributed by atoms with Gasteiger partial charge < -0.3 is 4.74 Å². The maximum atomic E-state index is 13.5. The lowest BCUT2D eigenvalue weighted by Crippen LogP contribution is -2.04. The summed E-state index contributed by atoms with van der Waals surface area (Å²) in [6, 6.07) is 21.8. The number of thioether (sulfide) groups is 1. The molecule has 30 heavy (non-hydrogen) atoms. The van der Waals surface area contributed by atoms with E-state index in [2.05, 4.69) is 19.1 Å². The molecule has 0 aliphatic rings. The fourth-order valence-electron chi connectivity index (χ4n) is 3.75. The molecule has 0 fully saturated rings. The Kier molecular flexibility index (Phi) is 5.60. The van der Waals surface area contributed by atoms with Crippen molar-refractivity contribution in [3.63, 3.8) is 0 Å². The first kappa shape index (κ1) is 20.2. The van der Waals surface area contributed by atoms with Crippen molar-refractivity contribution < 1.29 is 9.53 Å². The number of aryl methyl sites for hydroxylation is 2. The van der Waals surface area contributed by atoms with Crippen molar-refractivity contribution in [2.45, 2.75) is 25.7 Å². The highest BCUT2D eigenvalue weighted by Crippen LogP contribution is 2.35. The third-order valence-electron chi connectivity index (χ3n) is 5.19. The molecule has 0 radical (unpaired) electrons. The molecular formula is C26H23NO2S. The van der Waals surface area contributed by atoms with Crippen LogP contribution in [0, 0.1) is 20.8 Å². The Morgan fingerprint density at radius 2 is 1.63 bits per heavy atom. The molecule has 4 aromatic rings. The standard InChI is InChI=1S/C26H23NO2S/c1-16-14-17(2)24-22(15-16)23(26(28)30-21-8-6-5-7-9-21)18(3)25(27-24)19-10-12-20(29-4)13-11-19/h5-15H,1-4H3. The number of aromatic nitrogens is 1. The van der Waals surface area contributed by atoms with Crippen LogP contribution in [0.2, 0.25) is 0 Å². The number of hydrogen-bond acceptors (Lipinski definition) is 4. The van der Waals surface area contributed by atoms with E-state index in [1.165, 1.54) is 11.8 Å². The lowest BCUT2D eigenvalue weighted by Gasteiger charge is -2.16. The number of methoxy groups -OCH3 is 1. The number of carbonyl (C=O) groups is 1. The van der Waals surface area contributed by atoms with Crippen LogP contribution in [0.25, 0.3) is 22.2 Å². The van der Waals surface area contributed by atoms with Crippen molar-refractivity contribution in [3.05, 3.63) is 89.0 Å². The van der Waals surface area contributed by atoms with Gasteiger partial charge in [-0.15, -0.1) is 0 Å². The molecule has 0 atom stereocenters. The molecule has 150 valence electrons. The molecule has 4 rings (SSSR count). The molecule has 0 amide bonds. The topological polar surface area (TPSA) is 39.2 Å². The number of benzene rings is 3. The number of rotatable bonds is 4. The van der Waals surface area contributed by atoms with Gasteiger partial charge in [-0.25, -0.2) is 4.98 Å². The van der Waals surface area contributed by atoms with Crippen LogP contribution in [0.4, 0.5) is 0 Å². The van der Waals surface area contributed by atoms with Gasteiger partial charge in [-0.3, -0.25) is 4.79 Å². The zero-order valence-electron chi connectivity index (χ0n) is 17.5. The van der Waals surface area contributed by atoms with E-state index in [0.717, 1.165) is 55.1 Å². The van der Waals surface area contributed by atoms with Crippen LogP contribution in [0.3, 0.4) is 0 Å². The average Bonchev–Trinajstić information content (AvgIpc) is 2.74. The van der Waals surface area contributed by atoms with Gasteiger partial charge in [0.1, 0.15) is 5.75 Å². The summed E-state index contributed by atoms with van der Waals surface area (Å²) in [6.07, 6.45) is 0. The largest absolute Gasteiger partial charge is 0.497 e. The first-order valence-corrected chi connectivity index (χ1v) is 10.6. The fraction of sp³-hybridized carbons (Fsp3) is 0.154. The van der Waals surface area contributed by atoms with Crippen molar-refractivity contribution in [3.8, 4) is 17.0 Å². The van der Waals surface area contributed by atoms with Crippen molar-refractivity contribution in [2.75, 3.05) is 7.11 Å². The summed E-state index contributed by atoms with van der Waals surface area (Å²) in [5, 5.41) is 0.946. The van der Waals surface area contributed by atoms with E-state index in [9.17, 15) is 4.79 Å². The number of hydrogen-bond donors (Lipinski definition) is 0. The highest BCUT2D eigenvalue weighted by Gasteiger charge is 2.21. The smallest absolute Gasteiger partial charge is 0.225 e. The zero-order chi connectivity index (χ0) is 21.3. The number of carbonyl (C=O) groups excluding carboxylic acids is 1. The molecule has 4 heteroatoms. The normalized spacial score (nSPS) is 10.9. The molecular weight excluding hydrogens is 390 g/mol. The third kappa shape index (κ3) is 3.83. The molecule has 1 heterocycles. The molecule has 3 nitrogen and oxygen atoms in total. The Morgan fingerprint density at radius 1 is 0.933 bits per heavy atom. The molecule has 1 aromatic heterocycles. The molecule has 0 spiro atoms. The molecule has 0 saturated heterocycles. The molecule has 0 aliphatic carbocycles. The maximum Gasteiger partial charge on any atom is 0.225 e. The van der Waals surface area contributed by atoms with E-state index in [-0.39, 0.29) is 5.12 Å². The van der Waals surface area contributed by atoms with Crippen molar-refractivity contribution in [2.24, 2.45) is 0 Å². The molecule has 3 aromatic carbocycles. The quantitative estimate of drug-likeness (QED) is 0.346. The van der Waals surface area contributed by atoms with E-state index in [1.54, 1.807) is 7.11 Å². The van der Waals surface area contributed by atoms with Crippen LogP contribution in [-0.4, -0.2) is 17.2 Å². The van der Waals surface area contributed by atoms with Gasteiger partial charge >= 0.3 is 0 Å². The van der Waals surface area contributed by atoms with E-state index >= 15 is 0 Å². The Morgan fingerprint density at radius 3 is 2.30 bits per heavy atom. The van der Waals surface area contributed by atoms with Gasteiger partial charge in [-0.05, 0) is 86.1 Å². The third-order valence-corrected chi connectivity index (χ3v) is 6.09. The minimum absolute atomic E-state index is 0.0332. The van der Waals surface area contributed by atoms with Gasteiger partial charge in [0.2, 0.25) is 5.12 Å². The number of pyridine rings is 1. The van der Waals surface area contributed by atoms with Gasteiger partial charge in [-0.1, -0.05) is 29.8 Å². The Bertz CT molecular complexity index is 1230.